The molecular formula is C18H18N4O5S. The van der Waals surface area contributed by atoms with Gasteiger partial charge in [0.1, 0.15) is 17.5 Å². The van der Waals surface area contributed by atoms with Crippen molar-refractivity contribution in [2.45, 2.75) is 19.0 Å². The first-order valence-electron chi connectivity index (χ1n) is 8.68. The Bertz CT molecular complexity index is 1210. The minimum atomic E-state index is -3.09. The van der Waals surface area contributed by atoms with Crippen LogP contribution < -0.4 is 10.3 Å². The van der Waals surface area contributed by atoms with Crippen LogP contribution in [0.5, 0.6) is 5.75 Å². The van der Waals surface area contributed by atoms with Gasteiger partial charge in [-0.05, 0) is 30.7 Å². The number of Topliss-reactive ketones (excluding diaryl/α,β-unsaturated/α-hetero) is 1. The Kier molecular flexibility index (Phi) is 4.50. The topological polar surface area (TPSA) is 113 Å². The number of nitrogens with zero attached hydrogens (tertiary/aromatic N) is 4. The van der Waals surface area contributed by atoms with Gasteiger partial charge in [-0.3, -0.25) is 14.2 Å². The Morgan fingerprint density at radius 3 is 2.68 bits per heavy atom. The molecule has 0 saturated carbocycles. The van der Waals surface area contributed by atoms with Crippen LogP contribution in [0.25, 0.3) is 11.0 Å². The second-order valence-corrected chi connectivity index (χ2v) is 8.94. The Labute approximate surface area is 160 Å². The number of methoxy groups -OCH3 is 1. The maximum absolute atomic E-state index is 12.7. The number of sulfone groups is 1. The molecule has 0 aliphatic carbocycles. The largest absolute Gasteiger partial charge is 0.497 e. The molecule has 2 aromatic heterocycles. The molecule has 1 unspecified atom stereocenters. The minimum absolute atomic E-state index is 0.00942. The van der Waals surface area contributed by atoms with Crippen molar-refractivity contribution >= 4 is 26.7 Å². The highest BCUT2D eigenvalue weighted by atomic mass is 32.2. The van der Waals surface area contributed by atoms with Gasteiger partial charge in [0.2, 0.25) is 0 Å². The molecule has 28 heavy (non-hydrogen) atoms. The van der Waals surface area contributed by atoms with Crippen molar-refractivity contribution < 1.29 is 17.9 Å². The van der Waals surface area contributed by atoms with E-state index in [2.05, 4.69) is 10.1 Å². The van der Waals surface area contributed by atoms with Gasteiger partial charge in [-0.15, -0.1) is 0 Å². The smallest absolute Gasteiger partial charge is 0.264 e. The normalized spacial score (nSPS) is 18.4. The summed E-state index contributed by atoms with van der Waals surface area (Å²) in [7, 11) is -1.55. The van der Waals surface area contributed by atoms with E-state index in [0.29, 0.717) is 23.4 Å². The summed E-state index contributed by atoms with van der Waals surface area (Å²) in [4.78, 5) is 29.5. The third-order valence-electron chi connectivity index (χ3n) is 4.86. The van der Waals surface area contributed by atoms with Crippen molar-refractivity contribution in [1.29, 1.82) is 0 Å². The lowest BCUT2D eigenvalue weighted by atomic mass is 10.1. The first kappa shape index (κ1) is 18.4. The quantitative estimate of drug-likeness (QED) is 0.581. The molecule has 1 aliphatic rings. The number of hydrogen-bond acceptors (Lipinski definition) is 7. The number of hydrogen-bond donors (Lipinski definition) is 0. The van der Waals surface area contributed by atoms with Gasteiger partial charge in [-0.2, -0.15) is 5.10 Å². The number of ketones is 1. The van der Waals surface area contributed by atoms with Crippen LogP contribution in [0.15, 0.2) is 41.6 Å². The van der Waals surface area contributed by atoms with Crippen molar-refractivity contribution in [2.75, 3.05) is 18.6 Å². The van der Waals surface area contributed by atoms with Crippen molar-refractivity contribution in [2.24, 2.45) is 0 Å². The summed E-state index contributed by atoms with van der Waals surface area (Å²) in [5, 5.41) is 4.44. The lowest BCUT2D eigenvalue weighted by molar-refractivity contribution is 0.0970. The van der Waals surface area contributed by atoms with E-state index in [1.807, 2.05) is 0 Å². The highest BCUT2D eigenvalue weighted by molar-refractivity contribution is 7.91. The Balaban J connectivity index is 1.61. The van der Waals surface area contributed by atoms with Crippen LogP contribution in [0.2, 0.25) is 0 Å². The average Bonchev–Trinajstić information content (AvgIpc) is 3.27. The molecule has 0 radical (unpaired) electrons. The molecule has 0 bridgehead atoms. The fraction of sp³-hybridized carbons (Fsp3) is 0.333. The van der Waals surface area contributed by atoms with Crippen LogP contribution in [-0.2, 0) is 16.4 Å². The first-order chi connectivity index (χ1) is 13.4. The minimum Gasteiger partial charge on any atom is -0.497 e. The van der Waals surface area contributed by atoms with Gasteiger partial charge in [-0.25, -0.2) is 18.1 Å². The number of fused-ring (bicyclic) bond motifs is 1. The Morgan fingerprint density at radius 2 is 2.04 bits per heavy atom. The second-order valence-electron chi connectivity index (χ2n) is 6.71. The molecule has 1 fully saturated rings. The number of carbonyl (C=O) groups excluding carboxylic acids is 1. The number of carbonyl (C=O) groups is 1. The summed E-state index contributed by atoms with van der Waals surface area (Å²) >= 11 is 0. The van der Waals surface area contributed by atoms with Gasteiger partial charge in [-0.1, -0.05) is 0 Å². The standard InChI is InChI=1S/C18H18N4O5S/c1-27-14-4-2-12(3-5-14)16(23)9-21-11-19-17-15(18(21)24)8-20-22(17)13-6-7-28(25,26)10-13/h2-5,8,11,13H,6-7,9-10H2,1H3. The van der Waals surface area contributed by atoms with Crippen LogP contribution in [0, 0.1) is 0 Å². The average molecular weight is 402 g/mol. The monoisotopic (exact) mass is 402 g/mol. The van der Waals surface area contributed by atoms with E-state index in [1.165, 1.54) is 21.8 Å². The van der Waals surface area contributed by atoms with Crippen molar-refractivity contribution in [3.63, 3.8) is 0 Å². The maximum atomic E-state index is 12.7. The molecule has 0 amide bonds. The van der Waals surface area contributed by atoms with Crippen LogP contribution in [-0.4, -0.2) is 52.1 Å². The maximum Gasteiger partial charge on any atom is 0.264 e. The van der Waals surface area contributed by atoms with E-state index in [4.69, 9.17) is 4.74 Å². The SMILES string of the molecule is COc1ccc(C(=O)Cn2cnc3c(cnn3C3CCS(=O)(=O)C3)c2=O)cc1. The molecule has 1 saturated heterocycles. The predicted molar refractivity (Wildman–Crippen MR) is 101 cm³/mol. The zero-order valence-corrected chi connectivity index (χ0v) is 15.9. The van der Waals surface area contributed by atoms with Gasteiger partial charge in [0.05, 0.1) is 37.4 Å². The zero-order chi connectivity index (χ0) is 19.9. The third-order valence-corrected chi connectivity index (χ3v) is 6.61. The molecule has 4 rings (SSSR count). The summed E-state index contributed by atoms with van der Waals surface area (Å²) in [6.07, 6.45) is 3.12. The van der Waals surface area contributed by atoms with Crippen molar-refractivity contribution in [1.82, 2.24) is 19.3 Å². The molecule has 1 aliphatic heterocycles. The first-order valence-corrected chi connectivity index (χ1v) is 10.5. The highest BCUT2D eigenvalue weighted by Crippen LogP contribution is 2.25. The molecule has 3 heterocycles. The highest BCUT2D eigenvalue weighted by Gasteiger charge is 2.31. The van der Waals surface area contributed by atoms with Crippen LogP contribution in [0.4, 0.5) is 0 Å². The number of rotatable bonds is 5. The summed E-state index contributed by atoms with van der Waals surface area (Å²) < 4.78 is 31.2. The van der Waals surface area contributed by atoms with E-state index >= 15 is 0 Å². The summed E-state index contributed by atoms with van der Waals surface area (Å²) in [6.45, 7) is -0.156. The summed E-state index contributed by atoms with van der Waals surface area (Å²) in [6, 6.07) is 6.30. The Morgan fingerprint density at radius 1 is 1.29 bits per heavy atom. The lowest BCUT2D eigenvalue weighted by Crippen LogP contribution is -2.25. The van der Waals surface area contributed by atoms with Crippen LogP contribution in [0.3, 0.4) is 0 Å². The van der Waals surface area contributed by atoms with Crippen molar-refractivity contribution in [3.05, 3.63) is 52.7 Å². The van der Waals surface area contributed by atoms with Crippen LogP contribution >= 0.6 is 0 Å². The number of aromatic nitrogens is 4. The summed E-state index contributed by atoms with van der Waals surface area (Å²) in [5.74, 6) is 0.495. The third kappa shape index (κ3) is 3.31. The van der Waals surface area contributed by atoms with Gasteiger partial charge >= 0.3 is 0 Å². The fourth-order valence-corrected chi connectivity index (χ4v) is 5.03. The molecule has 9 nitrogen and oxygen atoms in total. The van der Waals surface area contributed by atoms with Gasteiger partial charge in [0, 0.05) is 5.56 Å². The molecule has 1 atom stereocenters. The Hall–Kier alpha value is -3.01. The van der Waals surface area contributed by atoms with Gasteiger partial charge in [0.25, 0.3) is 5.56 Å². The molecule has 0 N–H and O–H groups in total. The van der Waals surface area contributed by atoms with Gasteiger partial charge in [0.15, 0.2) is 21.3 Å². The number of benzene rings is 1. The fourth-order valence-electron chi connectivity index (χ4n) is 3.34. The van der Waals surface area contributed by atoms with Crippen molar-refractivity contribution in [3.8, 4) is 5.75 Å². The molecule has 146 valence electrons. The lowest BCUT2D eigenvalue weighted by Gasteiger charge is -2.10. The van der Waals surface area contributed by atoms with E-state index in [9.17, 15) is 18.0 Å². The molecular weight excluding hydrogens is 384 g/mol. The second kappa shape index (κ2) is 6.86. The predicted octanol–water partition coefficient (Wildman–Crippen LogP) is 0.844. The van der Waals surface area contributed by atoms with Crippen LogP contribution in [0.1, 0.15) is 22.8 Å². The molecule has 1 aromatic carbocycles. The van der Waals surface area contributed by atoms with E-state index in [1.54, 1.807) is 31.4 Å². The molecule has 3 aromatic rings. The molecule has 10 heteroatoms. The zero-order valence-electron chi connectivity index (χ0n) is 15.1. The summed E-state index contributed by atoms with van der Waals surface area (Å²) in [5.41, 5.74) is 0.402. The molecule has 0 spiro atoms. The van der Waals surface area contributed by atoms with E-state index < -0.39 is 9.84 Å². The van der Waals surface area contributed by atoms with Gasteiger partial charge < -0.3 is 4.74 Å². The van der Waals surface area contributed by atoms with E-state index in [-0.39, 0.29) is 40.8 Å². The number of ether oxygens (including phenoxy) is 1. The van der Waals surface area contributed by atoms with E-state index in [0.717, 1.165) is 0 Å².